The molecular weight excluding hydrogens is 230 g/mol. The molecule has 5 heteroatoms. The van der Waals surface area contributed by atoms with E-state index in [1.807, 2.05) is 0 Å². The Kier molecular flexibility index (Phi) is 4.92. The van der Waals surface area contributed by atoms with Gasteiger partial charge in [-0.15, -0.1) is 0 Å². The Morgan fingerprint density at radius 2 is 2.25 bits per heavy atom. The quantitative estimate of drug-likeness (QED) is 0.803. The summed E-state index contributed by atoms with van der Waals surface area (Å²) in [5.41, 5.74) is 0. The third kappa shape index (κ3) is 3.98. The maximum atomic E-state index is 10.6. The van der Waals surface area contributed by atoms with E-state index in [0.717, 1.165) is 0 Å². The van der Waals surface area contributed by atoms with Crippen molar-refractivity contribution in [3.05, 3.63) is 23.2 Å². The number of methoxy groups -OCH3 is 1. The zero-order valence-electron chi connectivity index (χ0n) is 9.25. The van der Waals surface area contributed by atoms with Crippen LogP contribution in [0.4, 0.5) is 0 Å². The number of halogens is 1. The lowest BCUT2D eigenvalue weighted by atomic mass is 10.3. The second-order valence-corrected chi connectivity index (χ2v) is 3.53. The SMILES string of the molecule is COc1ccc(OCCNC(C)=O)c(Cl)c1. The van der Waals surface area contributed by atoms with Crippen LogP contribution in [0.3, 0.4) is 0 Å². The van der Waals surface area contributed by atoms with Crippen molar-refractivity contribution in [1.82, 2.24) is 5.32 Å². The molecule has 0 aliphatic heterocycles. The van der Waals surface area contributed by atoms with Gasteiger partial charge in [0, 0.05) is 13.0 Å². The number of ether oxygens (including phenoxy) is 2. The van der Waals surface area contributed by atoms with E-state index >= 15 is 0 Å². The molecule has 1 N–H and O–H groups in total. The first kappa shape index (κ1) is 12.6. The van der Waals surface area contributed by atoms with E-state index in [0.29, 0.717) is 29.7 Å². The van der Waals surface area contributed by atoms with Crippen molar-refractivity contribution >= 4 is 17.5 Å². The van der Waals surface area contributed by atoms with Crippen LogP contribution < -0.4 is 14.8 Å². The first-order valence-electron chi connectivity index (χ1n) is 4.84. The lowest BCUT2D eigenvalue weighted by Crippen LogP contribution is -2.25. The first-order valence-corrected chi connectivity index (χ1v) is 5.22. The van der Waals surface area contributed by atoms with Crippen LogP contribution >= 0.6 is 11.6 Å². The standard InChI is InChI=1S/C11H14ClNO3/c1-8(14)13-5-6-16-11-4-3-9(15-2)7-10(11)12/h3-4,7H,5-6H2,1-2H3,(H,13,14). The number of benzene rings is 1. The van der Waals surface area contributed by atoms with Crippen LogP contribution in [0.25, 0.3) is 0 Å². The maximum absolute atomic E-state index is 10.6. The summed E-state index contributed by atoms with van der Waals surface area (Å²) in [4.78, 5) is 10.6. The molecule has 0 fully saturated rings. The van der Waals surface area contributed by atoms with Crippen LogP contribution in [-0.2, 0) is 4.79 Å². The minimum atomic E-state index is -0.0792. The van der Waals surface area contributed by atoms with Crippen LogP contribution in [0.15, 0.2) is 18.2 Å². The van der Waals surface area contributed by atoms with Gasteiger partial charge in [0.15, 0.2) is 0 Å². The Labute approximate surface area is 99.5 Å². The molecule has 0 saturated heterocycles. The molecule has 1 aromatic carbocycles. The molecule has 0 aliphatic rings. The predicted molar refractivity (Wildman–Crippen MR) is 62.2 cm³/mol. The first-order chi connectivity index (χ1) is 7.63. The predicted octanol–water partition coefficient (Wildman–Crippen LogP) is 1.86. The van der Waals surface area contributed by atoms with E-state index in [9.17, 15) is 4.79 Å². The van der Waals surface area contributed by atoms with E-state index in [2.05, 4.69) is 5.32 Å². The van der Waals surface area contributed by atoms with Gasteiger partial charge in [-0.3, -0.25) is 4.79 Å². The van der Waals surface area contributed by atoms with Gasteiger partial charge in [0.1, 0.15) is 18.1 Å². The fraction of sp³-hybridized carbons (Fsp3) is 0.364. The largest absolute Gasteiger partial charge is 0.497 e. The van der Waals surface area contributed by atoms with E-state index in [4.69, 9.17) is 21.1 Å². The van der Waals surface area contributed by atoms with Crippen molar-refractivity contribution in [2.75, 3.05) is 20.3 Å². The number of carbonyl (C=O) groups is 1. The highest BCUT2D eigenvalue weighted by atomic mass is 35.5. The fourth-order valence-electron chi connectivity index (χ4n) is 1.11. The Morgan fingerprint density at radius 3 is 2.81 bits per heavy atom. The second-order valence-electron chi connectivity index (χ2n) is 3.13. The molecule has 88 valence electrons. The normalized spacial score (nSPS) is 9.69. The van der Waals surface area contributed by atoms with Crippen LogP contribution in [-0.4, -0.2) is 26.2 Å². The van der Waals surface area contributed by atoms with E-state index < -0.39 is 0 Å². The summed E-state index contributed by atoms with van der Waals surface area (Å²) in [6.45, 7) is 2.30. The molecule has 1 aromatic rings. The monoisotopic (exact) mass is 243 g/mol. The lowest BCUT2D eigenvalue weighted by molar-refractivity contribution is -0.119. The van der Waals surface area contributed by atoms with Gasteiger partial charge in [-0.1, -0.05) is 11.6 Å². The molecule has 0 atom stereocenters. The molecule has 0 aliphatic carbocycles. The molecule has 0 heterocycles. The van der Waals surface area contributed by atoms with Gasteiger partial charge < -0.3 is 14.8 Å². The molecule has 16 heavy (non-hydrogen) atoms. The van der Waals surface area contributed by atoms with E-state index in [1.54, 1.807) is 25.3 Å². The molecular formula is C11H14ClNO3. The molecule has 4 nitrogen and oxygen atoms in total. The number of amides is 1. The van der Waals surface area contributed by atoms with Crippen molar-refractivity contribution in [2.24, 2.45) is 0 Å². The van der Waals surface area contributed by atoms with Gasteiger partial charge in [0.2, 0.25) is 5.91 Å². The van der Waals surface area contributed by atoms with Gasteiger partial charge in [0.05, 0.1) is 18.7 Å². The van der Waals surface area contributed by atoms with Gasteiger partial charge in [-0.2, -0.15) is 0 Å². The Hall–Kier alpha value is -1.42. The highest BCUT2D eigenvalue weighted by Crippen LogP contribution is 2.28. The smallest absolute Gasteiger partial charge is 0.216 e. The minimum absolute atomic E-state index is 0.0792. The maximum Gasteiger partial charge on any atom is 0.216 e. The van der Waals surface area contributed by atoms with E-state index in [-0.39, 0.29) is 5.91 Å². The summed E-state index contributed by atoms with van der Waals surface area (Å²) < 4.78 is 10.4. The summed E-state index contributed by atoms with van der Waals surface area (Å²) in [6, 6.07) is 5.17. The number of rotatable bonds is 5. The second kappa shape index (κ2) is 6.23. The number of carbonyl (C=O) groups excluding carboxylic acids is 1. The number of hydrogen-bond donors (Lipinski definition) is 1. The molecule has 0 aromatic heterocycles. The minimum Gasteiger partial charge on any atom is -0.497 e. The van der Waals surface area contributed by atoms with Crippen LogP contribution in [0.1, 0.15) is 6.92 Å². The molecule has 0 bridgehead atoms. The third-order valence-electron chi connectivity index (χ3n) is 1.87. The average molecular weight is 244 g/mol. The van der Waals surface area contributed by atoms with Crippen LogP contribution in [0.5, 0.6) is 11.5 Å². The van der Waals surface area contributed by atoms with E-state index in [1.165, 1.54) is 6.92 Å². The van der Waals surface area contributed by atoms with Crippen LogP contribution in [0.2, 0.25) is 5.02 Å². The van der Waals surface area contributed by atoms with Crippen molar-refractivity contribution in [2.45, 2.75) is 6.92 Å². The summed E-state index contributed by atoms with van der Waals surface area (Å²) in [5, 5.41) is 3.11. The Bertz CT molecular complexity index is 368. The summed E-state index contributed by atoms with van der Waals surface area (Å²) >= 11 is 5.96. The Balaban J connectivity index is 2.45. The molecule has 0 unspecified atom stereocenters. The van der Waals surface area contributed by atoms with Crippen molar-refractivity contribution in [3.63, 3.8) is 0 Å². The van der Waals surface area contributed by atoms with Gasteiger partial charge >= 0.3 is 0 Å². The third-order valence-corrected chi connectivity index (χ3v) is 2.17. The van der Waals surface area contributed by atoms with Gasteiger partial charge in [0.25, 0.3) is 0 Å². The summed E-state index contributed by atoms with van der Waals surface area (Å²) in [7, 11) is 1.57. The molecule has 0 saturated carbocycles. The fourth-order valence-corrected chi connectivity index (χ4v) is 1.34. The highest BCUT2D eigenvalue weighted by Gasteiger charge is 2.03. The highest BCUT2D eigenvalue weighted by molar-refractivity contribution is 6.32. The van der Waals surface area contributed by atoms with Crippen molar-refractivity contribution < 1.29 is 14.3 Å². The lowest BCUT2D eigenvalue weighted by Gasteiger charge is -2.09. The zero-order valence-corrected chi connectivity index (χ0v) is 10.0. The zero-order chi connectivity index (χ0) is 12.0. The molecule has 1 rings (SSSR count). The average Bonchev–Trinajstić information content (AvgIpc) is 2.25. The summed E-state index contributed by atoms with van der Waals surface area (Å²) in [5.74, 6) is 1.18. The Morgan fingerprint density at radius 1 is 1.50 bits per heavy atom. The summed E-state index contributed by atoms with van der Waals surface area (Å²) in [6.07, 6.45) is 0. The molecule has 0 radical (unpaired) electrons. The van der Waals surface area contributed by atoms with Gasteiger partial charge in [-0.25, -0.2) is 0 Å². The van der Waals surface area contributed by atoms with Gasteiger partial charge in [-0.05, 0) is 12.1 Å². The molecule has 1 amide bonds. The number of nitrogens with one attached hydrogen (secondary N) is 1. The van der Waals surface area contributed by atoms with Crippen molar-refractivity contribution in [1.29, 1.82) is 0 Å². The number of hydrogen-bond acceptors (Lipinski definition) is 3. The molecule has 0 spiro atoms. The van der Waals surface area contributed by atoms with Crippen LogP contribution in [0, 0.1) is 0 Å². The van der Waals surface area contributed by atoms with Crippen molar-refractivity contribution in [3.8, 4) is 11.5 Å². The topological polar surface area (TPSA) is 47.6 Å².